The molecule has 0 N–H and O–H groups in total. The first kappa shape index (κ1) is 21.1. The molecule has 0 saturated carbocycles. The molecule has 0 saturated heterocycles. The molecule has 0 unspecified atom stereocenters. The van der Waals surface area contributed by atoms with Crippen LogP contribution in [-0.4, -0.2) is 26.4 Å². The highest BCUT2D eigenvalue weighted by molar-refractivity contribution is 5.66. The van der Waals surface area contributed by atoms with Gasteiger partial charge in [-0.1, -0.05) is 26.7 Å². The average Bonchev–Trinajstić information content (AvgIpc) is 2.51. The molecule has 0 aliphatic carbocycles. The molecule has 0 aliphatic rings. The maximum atomic E-state index is 12.4. The molecule has 142 valence electrons. The van der Waals surface area contributed by atoms with Gasteiger partial charge >= 0.3 is 11.7 Å². The summed E-state index contributed by atoms with van der Waals surface area (Å²) in [5.41, 5.74) is -0.681. The van der Waals surface area contributed by atoms with Gasteiger partial charge in [0, 0.05) is 20.0 Å². The van der Waals surface area contributed by atoms with Crippen molar-refractivity contribution >= 4 is 5.97 Å². The van der Waals surface area contributed by atoms with Crippen LogP contribution in [0.5, 0.6) is 0 Å². The minimum absolute atomic E-state index is 0.128. The van der Waals surface area contributed by atoms with Gasteiger partial charge in [0.05, 0.1) is 6.10 Å². The van der Waals surface area contributed by atoms with Gasteiger partial charge in [0.25, 0.3) is 5.56 Å². The number of aromatic nitrogens is 3. The van der Waals surface area contributed by atoms with Gasteiger partial charge in [0.1, 0.15) is 6.20 Å². The molecule has 0 amide bonds. The minimum atomic E-state index is -0.343. The first-order chi connectivity index (χ1) is 11.8. The van der Waals surface area contributed by atoms with Crippen molar-refractivity contribution in [1.29, 1.82) is 0 Å². The van der Waals surface area contributed by atoms with E-state index in [4.69, 9.17) is 4.74 Å². The van der Waals surface area contributed by atoms with Crippen LogP contribution in [0.1, 0.15) is 66.2 Å². The summed E-state index contributed by atoms with van der Waals surface area (Å²) in [5.74, 6) is 0.343. The third-order valence-electron chi connectivity index (χ3n) is 4.04. The van der Waals surface area contributed by atoms with E-state index in [9.17, 15) is 14.4 Å². The van der Waals surface area contributed by atoms with Gasteiger partial charge in [-0.2, -0.15) is 5.10 Å². The Morgan fingerprint density at radius 1 is 1.08 bits per heavy atom. The van der Waals surface area contributed by atoms with Crippen molar-refractivity contribution in [3.8, 4) is 0 Å². The van der Waals surface area contributed by atoms with Gasteiger partial charge in [-0.05, 0) is 38.5 Å². The monoisotopic (exact) mass is 353 g/mol. The Bertz CT molecular complexity index is 648. The SMILES string of the molecule is CC(=O)O[C@H](C)CCCCn1ncc(=O)n(CCCCC(C)C)c1=O. The molecule has 0 radical (unpaired) electrons. The van der Waals surface area contributed by atoms with Crippen LogP contribution >= 0.6 is 0 Å². The minimum Gasteiger partial charge on any atom is -0.463 e. The van der Waals surface area contributed by atoms with Crippen LogP contribution in [0.4, 0.5) is 0 Å². The first-order valence-electron chi connectivity index (χ1n) is 9.15. The second-order valence-electron chi connectivity index (χ2n) is 6.95. The molecular weight excluding hydrogens is 322 g/mol. The summed E-state index contributed by atoms with van der Waals surface area (Å²) in [7, 11) is 0. The van der Waals surface area contributed by atoms with Crippen molar-refractivity contribution in [2.75, 3.05) is 0 Å². The van der Waals surface area contributed by atoms with Crippen LogP contribution in [0.2, 0.25) is 0 Å². The normalized spacial score (nSPS) is 12.4. The van der Waals surface area contributed by atoms with E-state index in [0.717, 1.165) is 38.5 Å². The number of ether oxygens (including phenoxy) is 1. The highest BCUT2D eigenvalue weighted by atomic mass is 16.5. The van der Waals surface area contributed by atoms with Crippen LogP contribution in [-0.2, 0) is 22.6 Å². The number of rotatable bonds is 11. The lowest BCUT2D eigenvalue weighted by molar-refractivity contribution is -0.145. The summed E-state index contributed by atoms with van der Waals surface area (Å²) >= 11 is 0. The third kappa shape index (κ3) is 8.14. The van der Waals surface area contributed by atoms with Gasteiger partial charge in [-0.3, -0.25) is 14.2 Å². The Labute approximate surface area is 149 Å². The van der Waals surface area contributed by atoms with Crippen LogP contribution in [0, 0.1) is 5.92 Å². The Morgan fingerprint density at radius 2 is 1.72 bits per heavy atom. The number of nitrogens with zero attached hydrogens (tertiary/aromatic N) is 3. The van der Waals surface area contributed by atoms with E-state index >= 15 is 0 Å². The van der Waals surface area contributed by atoms with E-state index < -0.39 is 0 Å². The van der Waals surface area contributed by atoms with E-state index in [2.05, 4.69) is 18.9 Å². The van der Waals surface area contributed by atoms with Crippen LogP contribution < -0.4 is 11.2 Å². The largest absolute Gasteiger partial charge is 0.463 e. The van der Waals surface area contributed by atoms with Crippen molar-refractivity contribution < 1.29 is 9.53 Å². The molecule has 7 nitrogen and oxygen atoms in total. The average molecular weight is 353 g/mol. The highest BCUT2D eigenvalue weighted by Crippen LogP contribution is 2.07. The van der Waals surface area contributed by atoms with Crippen LogP contribution in [0.3, 0.4) is 0 Å². The molecule has 0 spiro atoms. The van der Waals surface area contributed by atoms with Gasteiger partial charge < -0.3 is 4.74 Å². The highest BCUT2D eigenvalue weighted by Gasteiger charge is 2.08. The van der Waals surface area contributed by atoms with Gasteiger partial charge in [0.2, 0.25) is 0 Å². The van der Waals surface area contributed by atoms with E-state index in [-0.39, 0.29) is 23.3 Å². The Kier molecular flexibility index (Phi) is 9.16. The number of hydrogen-bond donors (Lipinski definition) is 0. The van der Waals surface area contributed by atoms with Crippen molar-refractivity contribution in [3.05, 3.63) is 27.0 Å². The molecule has 1 heterocycles. The molecule has 1 rings (SSSR count). The summed E-state index contributed by atoms with van der Waals surface area (Å²) in [4.78, 5) is 35.1. The van der Waals surface area contributed by atoms with Gasteiger partial charge in [-0.25, -0.2) is 9.48 Å². The van der Waals surface area contributed by atoms with Crippen LogP contribution in [0.25, 0.3) is 0 Å². The number of hydrogen-bond acceptors (Lipinski definition) is 5. The van der Waals surface area contributed by atoms with E-state index in [0.29, 0.717) is 19.0 Å². The van der Waals surface area contributed by atoms with Crippen molar-refractivity contribution in [2.24, 2.45) is 5.92 Å². The number of unbranched alkanes of at least 4 members (excludes halogenated alkanes) is 2. The fourth-order valence-electron chi connectivity index (χ4n) is 2.69. The topological polar surface area (TPSA) is 83.2 Å². The Hall–Kier alpha value is -1.92. The lowest BCUT2D eigenvalue weighted by Gasteiger charge is -2.12. The second kappa shape index (κ2) is 10.8. The van der Waals surface area contributed by atoms with E-state index in [1.54, 1.807) is 0 Å². The molecule has 0 aromatic carbocycles. The summed E-state index contributed by atoms with van der Waals surface area (Å²) in [6, 6.07) is 0. The molecule has 1 aromatic rings. The zero-order chi connectivity index (χ0) is 18.8. The number of esters is 1. The molecular formula is C18H31N3O4. The predicted octanol–water partition coefficient (Wildman–Crippen LogP) is 2.35. The molecule has 1 aromatic heterocycles. The van der Waals surface area contributed by atoms with Crippen molar-refractivity contribution in [2.45, 2.75) is 85.4 Å². The first-order valence-corrected chi connectivity index (χ1v) is 9.15. The molecule has 0 bridgehead atoms. The molecule has 7 heteroatoms. The molecule has 1 atom stereocenters. The fraction of sp³-hybridized carbons (Fsp3) is 0.778. The number of aryl methyl sites for hydroxylation is 1. The van der Waals surface area contributed by atoms with Gasteiger partial charge in [-0.15, -0.1) is 0 Å². The molecule has 25 heavy (non-hydrogen) atoms. The predicted molar refractivity (Wildman–Crippen MR) is 96.5 cm³/mol. The zero-order valence-corrected chi connectivity index (χ0v) is 15.9. The second-order valence-corrected chi connectivity index (χ2v) is 6.95. The van der Waals surface area contributed by atoms with E-state index in [1.165, 1.54) is 22.4 Å². The lowest BCUT2D eigenvalue weighted by Crippen LogP contribution is -2.41. The Balaban J connectivity index is 2.52. The maximum Gasteiger partial charge on any atom is 0.347 e. The Morgan fingerprint density at radius 3 is 2.36 bits per heavy atom. The molecule has 0 fully saturated rings. The summed E-state index contributed by atoms with van der Waals surface area (Å²) in [6.07, 6.45) is 6.29. The summed E-state index contributed by atoms with van der Waals surface area (Å²) < 4.78 is 7.68. The third-order valence-corrected chi connectivity index (χ3v) is 4.04. The summed E-state index contributed by atoms with van der Waals surface area (Å²) in [5, 5.41) is 3.95. The van der Waals surface area contributed by atoms with E-state index in [1.807, 2.05) is 6.92 Å². The summed E-state index contributed by atoms with van der Waals surface area (Å²) in [6.45, 7) is 8.46. The quantitative estimate of drug-likeness (QED) is 0.450. The number of carbonyl (C=O) groups is 1. The van der Waals surface area contributed by atoms with Crippen molar-refractivity contribution in [3.63, 3.8) is 0 Å². The van der Waals surface area contributed by atoms with Gasteiger partial charge in [0.15, 0.2) is 0 Å². The van der Waals surface area contributed by atoms with Crippen LogP contribution in [0.15, 0.2) is 15.8 Å². The van der Waals surface area contributed by atoms with Crippen molar-refractivity contribution in [1.82, 2.24) is 14.3 Å². The lowest BCUT2D eigenvalue weighted by atomic mass is 10.1. The zero-order valence-electron chi connectivity index (χ0n) is 15.9. The fourth-order valence-corrected chi connectivity index (χ4v) is 2.69. The number of carbonyl (C=O) groups excluding carboxylic acids is 1. The standard InChI is InChI=1S/C18H31N3O4/c1-14(2)9-5-7-11-20-17(23)13-19-21(18(20)24)12-8-6-10-15(3)25-16(4)22/h13-15H,5-12H2,1-4H3/t15-/m1/s1. The molecule has 0 aliphatic heterocycles. The smallest absolute Gasteiger partial charge is 0.347 e. The maximum absolute atomic E-state index is 12.4.